The topological polar surface area (TPSA) is 77.7 Å². The number of halogens is 1. The van der Waals surface area contributed by atoms with Crippen LogP contribution in [-0.4, -0.2) is 36.3 Å². The van der Waals surface area contributed by atoms with Gasteiger partial charge in [-0.2, -0.15) is 4.98 Å². The molecule has 0 bridgehead atoms. The lowest BCUT2D eigenvalue weighted by atomic mass is 10.1. The first-order chi connectivity index (χ1) is 14.1. The zero-order valence-electron chi connectivity index (χ0n) is 16.1. The summed E-state index contributed by atoms with van der Waals surface area (Å²) in [5, 5.41) is 4.61. The first-order valence-corrected chi connectivity index (χ1v) is 9.67. The molecule has 0 N–H and O–H groups in total. The zero-order valence-corrected chi connectivity index (χ0v) is 16.8. The molecule has 0 saturated carbocycles. The second kappa shape index (κ2) is 8.13. The van der Waals surface area contributed by atoms with Crippen LogP contribution in [0.5, 0.6) is 11.5 Å². The van der Waals surface area contributed by atoms with Gasteiger partial charge in [-0.3, -0.25) is 4.79 Å². The number of ether oxygens (including phenoxy) is 2. The molecule has 7 nitrogen and oxygen atoms in total. The molecule has 1 saturated heterocycles. The Balaban J connectivity index is 1.54. The van der Waals surface area contributed by atoms with Gasteiger partial charge in [0.05, 0.1) is 25.3 Å². The molecule has 1 amide bonds. The molecule has 0 unspecified atom stereocenters. The largest absolute Gasteiger partial charge is 0.495 e. The van der Waals surface area contributed by atoms with Crippen molar-refractivity contribution in [2.24, 2.45) is 0 Å². The summed E-state index contributed by atoms with van der Waals surface area (Å²) in [7, 11) is 1.56. The maximum absolute atomic E-state index is 12.6. The van der Waals surface area contributed by atoms with Crippen LogP contribution in [0.25, 0.3) is 11.4 Å². The third-order valence-corrected chi connectivity index (χ3v) is 5.01. The van der Waals surface area contributed by atoms with Crippen molar-refractivity contribution in [3.8, 4) is 22.9 Å². The fourth-order valence-electron chi connectivity index (χ4n) is 3.37. The summed E-state index contributed by atoms with van der Waals surface area (Å²) in [6.45, 7) is 2.96. The molecule has 3 aromatic rings. The predicted octanol–water partition coefficient (Wildman–Crippen LogP) is 4.32. The Labute approximate surface area is 173 Å². The van der Waals surface area contributed by atoms with E-state index >= 15 is 0 Å². The van der Waals surface area contributed by atoms with Gasteiger partial charge in [-0.1, -0.05) is 16.8 Å². The number of nitrogens with zero attached hydrogens (tertiary/aromatic N) is 3. The van der Waals surface area contributed by atoms with Gasteiger partial charge in [0, 0.05) is 23.6 Å². The summed E-state index contributed by atoms with van der Waals surface area (Å²) in [4.78, 5) is 18.8. The average molecular weight is 414 g/mol. The molecule has 0 radical (unpaired) electrons. The predicted molar refractivity (Wildman–Crippen MR) is 109 cm³/mol. The Morgan fingerprint density at radius 1 is 1.24 bits per heavy atom. The molecule has 8 heteroatoms. The van der Waals surface area contributed by atoms with Gasteiger partial charge in [0.15, 0.2) is 0 Å². The average Bonchev–Trinajstić information content (AvgIpc) is 3.36. The molecule has 150 valence electrons. The minimum absolute atomic E-state index is 0.0450. The number of rotatable bonds is 6. The van der Waals surface area contributed by atoms with Crippen molar-refractivity contribution >= 4 is 23.2 Å². The van der Waals surface area contributed by atoms with E-state index in [1.54, 1.807) is 30.2 Å². The van der Waals surface area contributed by atoms with Crippen LogP contribution in [0.3, 0.4) is 0 Å². The Kier molecular flexibility index (Phi) is 5.40. The van der Waals surface area contributed by atoms with Gasteiger partial charge in [-0.05, 0) is 49.4 Å². The molecule has 29 heavy (non-hydrogen) atoms. The van der Waals surface area contributed by atoms with Crippen LogP contribution in [0.1, 0.15) is 25.2 Å². The van der Waals surface area contributed by atoms with Gasteiger partial charge in [-0.15, -0.1) is 0 Å². The highest BCUT2D eigenvalue weighted by molar-refractivity contribution is 6.31. The van der Waals surface area contributed by atoms with Crippen molar-refractivity contribution in [1.82, 2.24) is 10.1 Å². The van der Waals surface area contributed by atoms with Crippen LogP contribution in [0.4, 0.5) is 5.69 Å². The number of anilines is 1. The molecule has 1 atom stereocenters. The lowest BCUT2D eigenvalue weighted by Crippen LogP contribution is -2.24. The summed E-state index contributed by atoms with van der Waals surface area (Å²) >= 11 is 6.11. The second-order valence-corrected chi connectivity index (χ2v) is 7.07. The number of methoxy groups -OCH3 is 1. The van der Waals surface area contributed by atoms with Crippen LogP contribution in [-0.2, 0) is 4.79 Å². The first-order valence-electron chi connectivity index (χ1n) is 9.29. The van der Waals surface area contributed by atoms with Gasteiger partial charge in [-0.25, -0.2) is 0 Å². The van der Waals surface area contributed by atoms with Crippen molar-refractivity contribution in [3.63, 3.8) is 0 Å². The molecule has 4 rings (SSSR count). The molecular formula is C21H20ClN3O4. The zero-order chi connectivity index (χ0) is 20.4. The van der Waals surface area contributed by atoms with Crippen molar-refractivity contribution in [1.29, 1.82) is 0 Å². The molecule has 1 fully saturated rings. The highest BCUT2D eigenvalue weighted by Gasteiger charge is 2.36. The molecule has 2 heterocycles. The van der Waals surface area contributed by atoms with Gasteiger partial charge in [0.1, 0.15) is 11.5 Å². The quantitative estimate of drug-likeness (QED) is 0.599. The van der Waals surface area contributed by atoms with Crippen molar-refractivity contribution in [3.05, 3.63) is 53.4 Å². The smallest absolute Gasteiger partial charge is 0.232 e. The number of benzene rings is 2. The van der Waals surface area contributed by atoms with E-state index in [0.717, 1.165) is 11.3 Å². The number of carbonyl (C=O) groups is 1. The minimum atomic E-state index is -0.199. The second-order valence-electron chi connectivity index (χ2n) is 6.64. The number of hydrogen-bond acceptors (Lipinski definition) is 6. The summed E-state index contributed by atoms with van der Waals surface area (Å²) < 4.78 is 16.3. The van der Waals surface area contributed by atoms with Gasteiger partial charge >= 0.3 is 0 Å². The Bertz CT molecular complexity index is 1020. The Morgan fingerprint density at radius 3 is 2.76 bits per heavy atom. The van der Waals surface area contributed by atoms with Crippen LogP contribution < -0.4 is 14.4 Å². The van der Waals surface area contributed by atoms with Crippen molar-refractivity contribution in [2.75, 3.05) is 25.2 Å². The monoisotopic (exact) mass is 413 g/mol. The third kappa shape index (κ3) is 3.91. The number of hydrogen-bond donors (Lipinski definition) is 0. The standard InChI is InChI=1S/C21H20ClN3O4/c1-3-28-16-7-4-13(5-8-16)20-23-21(29-24-20)14-10-19(26)25(12-14)17-11-15(22)6-9-18(17)27-2/h4-9,11,14H,3,10,12H2,1-2H3/t14-/m1/s1. The van der Waals surface area contributed by atoms with Crippen molar-refractivity contribution < 1.29 is 18.8 Å². The summed E-state index contributed by atoms with van der Waals surface area (Å²) in [6.07, 6.45) is 0.278. The highest BCUT2D eigenvalue weighted by Crippen LogP contribution is 2.38. The molecule has 1 aliphatic heterocycles. The third-order valence-electron chi connectivity index (χ3n) is 4.77. The van der Waals surface area contributed by atoms with Crippen LogP contribution in [0.15, 0.2) is 47.0 Å². The Morgan fingerprint density at radius 2 is 2.03 bits per heavy atom. The maximum atomic E-state index is 12.6. The van der Waals surface area contributed by atoms with E-state index in [-0.39, 0.29) is 18.2 Å². The van der Waals surface area contributed by atoms with Gasteiger partial charge < -0.3 is 18.9 Å². The summed E-state index contributed by atoms with van der Waals surface area (Å²) in [6, 6.07) is 12.7. The summed E-state index contributed by atoms with van der Waals surface area (Å²) in [5.41, 5.74) is 1.46. The molecule has 1 aliphatic rings. The van der Waals surface area contributed by atoms with Gasteiger partial charge in [0.25, 0.3) is 0 Å². The number of amides is 1. The molecule has 2 aromatic carbocycles. The lowest BCUT2D eigenvalue weighted by Gasteiger charge is -2.19. The SMILES string of the molecule is CCOc1ccc(-c2noc([C@@H]3CC(=O)N(c4cc(Cl)ccc4OC)C3)n2)cc1. The van der Waals surface area contributed by atoms with E-state index in [1.807, 2.05) is 31.2 Å². The fraction of sp³-hybridized carbons (Fsp3) is 0.286. The number of aromatic nitrogens is 2. The van der Waals surface area contributed by atoms with E-state index in [1.165, 1.54) is 0 Å². The van der Waals surface area contributed by atoms with Crippen LogP contribution in [0, 0.1) is 0 Å². The number of carbonyl (C=O) groups excluding carboxylic acids is 1. The lowest BCUT2D eigenvalue weighted by molar-refractivity contribution is -0.117. The summed E-state index contributed by atoms with van der Waals surface area (Å²) in [5.74, 6) is 2.04. The van der Waals surface area contributed by atoms with Crippen LogP contribution in [0.2, 0.25) is 5.02 Å². The first kappa shape index (κ1) is 19.3. The maximum Gasteiger partial charge on any atom is 0.232 e. The van der Waals surface area contributed by atoms with E-state index in [0.29, 0.717) is 41.3 Å². The fourth-order valence-corrected chi connectivity index (χ4v) is 3.53. The Hall–Kier alpha value is -3.06. The normalized spacial score (nSPS) is 16.3. The van der Waals surface area contributed by atoms with Crippen molar-refractivity contribution in [2.45, 2.75) is 19.3 Å². The van der Waals surface area contributed by atoms with Crippen LogP contribution >= 0.6 is 11.6 Å². The molecule has 0 spiro atoms. The van der Waals surface area contributed by atoms with E-state index in [9.17, 15) is 4.79 Å². The van der Waals surface area contributed by atoms with E-state index in [2.05, 4.69) is 10.1 Å². The minimum Gasteiger partial charge on any atom is -0.495 e. The molecule has 1 aromatic heterocycles. The van der Waals surface area contributed by atoms with E-state index in [4.69, 9.17) is 25.6 Å². The molecule has 0 aliphatic carbocycles. The molecular weight excluding hydrogens is 394 g/mol. The van der Waals surface area contributed by atoms with Gasteiger partial charge in [0.2, 0.25) is 17.6 Å². The van der Waals surface area contributed by atoms with E-state index < -0.39 is 0 Å². The highest BCUT2D eigenvalue weighted by atomic mass is 35.5.